The Morgan fingerprint density at radius 1 is 1.40 bits per heavy atom. The summed E-state index contributed by atoms with van der Waals surface area (Å²) in [5, 5.41) is -0.898. The van der Waals surface area contributed by atoms with Gasteiger partial charge < -0.3 is 0 Å². The largest absolute Gasteiger partial charge is 0.417 e. The molecule has 1 aromatic carbocycles. The lowest BCUT2D eigenvalue weighted by atomic mass is 10.1. The van der Waals surface area contributed by atoms with Crippen LogP contribution in [0.3, 0.4) is 0 Å². The van der Waals surface area contributed by atoms with Crippen LogP contribution in [0.2, 0.25) is 0 Å². The number of benzene rings is 1. The van der Waals surface area contributed by atoms with Gasteiger partial charge in [-0.05, 0) is 36.2 Å². The van der Waals surface area contributed by atoms with E-state index < -0.39 is 17.0 Å². The van der Waals surface area contributed by atoms with Gasteiger partial charge in [-0.1, -0.05) is 15.9 Å². The van der Waals surface area contributed by atoms with Crippen LogP contribution in [0.25, 0.3) is 0 Å². The van der Waals surface area contributed by atoms with Crippen LogP contribution in [-0.4, -0.2) is 5.24 Å². The molecule has 0 aliphatic rings. The topological polar surface area (TPSA) is 17.1 Å². The third-order valence-electron chi connectivity index (χ3n) is 1.83. The van der Waals surface area contributed by atoms with Gasteiger partial charge in [0.15, 0.2) is 0 Å². The Morgan fingerprint density at radius 2 is 1.93 bits per heavy atom. The molecule has 0 aromatic heterocycles. The molecular formula is C9H5BrClF3O. The smallest absolute Gasteiger partial charge is 0.276 e. The lowest BCUT2D eigenvalue weighted by Crippen LogP contribution is -2.08. The van der Waals surface area contributed by atoms with Crippen molar-refractivity contribution >= 4 is 32.8 Å². The molecule has 0 aliphatic heterocycles. The number of rotatable bonds is 1. The molecule has 0 aliphatic carbocycles. The molecule has 1 rings (SSSR count). The highest BCUT2D eigenvalue weighted by Gasteiger charge is 2.34. The number of alkyl halides is 3. The van der Waals surface area contributed by atoms with Gasteiger partial charge >= 0.3 is 6.18 Å². The molecule has 1 nitrogen and oxygen atoms in total. The van der Waals surface area contributed by atoms with Crippen molar-refractivity contribution in [2.45, 2.75) is 13.1 Å². The molecule has 0 spiro atoms. The van der Waals surface area contributed by atoms with Crippen LogP contribution in [-0.2, 0) is 6.18 Å². The SMILES string of the molecule is Cc1cc(Br)c(C(F)(F)F)cc1C(=O)Cl. The quantitative estimate of drug-likeness (QED) is 0.712. The summed E-state index contributed by atoms with van der Waals surface area (Å²) in [7, 11) is 0. The highest BCUT2D eigenvalue weighted by atomic mass is 79.9. The van der Waals surface area contributed by atoms with Gasteiger partial charge in [0.1, 0.15) is 0 Å². The third-order valence-corrected chi connectivity index (χ3v) is 2.69. The summed E-state index contributed by atoms with van der Waals surface area (Å²) in [6.07, 6.45) is -4.51. The number of carbonyl (C=O) groups excluding carboxylic acids is 1. The lowest BCUT2D eigenvalue weighted by molar-refractivity contribution is -0.138. The molecule has 15 heavy (non-hydrogen) atoms. The monoisotopic (exact) mass is 300 g/mol. The molecule has 6 heteroatoms. The minimum atomic E-state index is -4.51. The number of halogens is 5. The predicted octanol–water partition coefficient (Wildman–Crippen LogP) is 4.16. The number of hydrogen-bond acceptors (Lipinski definition) is 1. The second kappa shape index (κ2) is 4.14. The van der Waals surface area contributed by atoms with Crippen molar-refractivity contribution in [2.24, 2.45) is 0 Å². The van der Waals surface area contributed by atoms with Gasteiger partial charge in [-0.3, -0.25) is 4.79 Å². The van der Waals surface area contributed by atoms with Crippen LogP contribution in [0.4, 0.5) is 13.2 Å². The molecule has 0 N–H and O–H groups in total. The standard InChI is InChI=1S/C9H5BrClF3O/c1-4-2-7(10)6(9(12,13)14)3-5(4)8(11)15/h2-3H,1H3. The fourth-order valence-electron chi connectivity index (χ4n) is 1.10. The van der Waals surface area contributed by atoms with E-state index >= 15 is 0 Å². The summed E-state index contributed by atoms with van der Waals surface area (Å²) in [5.74, 6) is 0. The summed E-state index contributed by atoms with van der Waals surface area (Å²) >= 11 is 7.95. The molecule has 0 amide bonds. The Hall–Kier alpha value is -0.550. The van der Waals surface area contributed by atoms with Gasteiger partial charge in [-0.15, -0.1) is 0 Å². The molecule has 0 unspecified atom stereocenters. The fraction of sp³-hybridized carbons (Fsp3) is 0.222. The highest BCUT2D eigenvalue weighted by Crippen LogP contribution is 2.36. The minimum Gasteiger partial charge on any atom is -0.276 e. The van der Waals surface area contributed by atoms with Crippen LogP contribution in [0, 0.1) is 6.92 Å². The lowest BCUT2D eigenvalue weighted by Gasteiger charge is -2.11. The van der Waals surface area contributed by atoms with E-state index in [0.29, 0.717) is 5.56 Å². The number of carbonyl (C=O) groups is 1. The third kappa shape index (κ3) is 2.72. The summed E-state index contributed by atoms with van der Waals surface area (Å²) in [6, 6.07) is 1.97. The maximum atomic E-state index is 12.4. The minimum absolute atomic E-state index is 0.103. The zero-order valence-corrected chi connectivity index (χ0v) is 9.79. The van der Waals surface area contributed by atoms with Gasteiger partial charge in [-0.25, -0.2) is 0 Å². The highest BCUT2D eigenvalue weighted by molar-refractivity contribution is 9.10. The van der Waals surface area contributed by atoms with Gasteiger partial charge in [0.2, 0.25) is 0 Å². The number of hydrogen-bond donors (Lipinski definition) is 0. The molecule has 0 saturated heterocycles. The Balaban J connectivity index is 3.43. The fourth-order valence-corrected chi connectivity index (χ4v) is 1.99. The summed E-state index contributed by atoms with van der Waals surface area (Å²) in [6.45, 7) is 1.51. The Bertz CT molecular complexity index is 415. The first kappa shape index (κ1) is 12.5. The summed E-state index contributed by atoms with van der Waals surface area (Å²) in [5.41, 5.74) is -0.640. The molecule has 0 radical (unpaired) electrons. The zero-order chi connectivity index (χ0) is 11.8. The van der Waals surface area contributed by atoms with Crippen LogP contribution >= 0.6 is 27.5 Å². The van der Waals surface area contributed by atoms with Crippen molar-refractivity contribution in [3.05, 3.63) is 33.3 Å². The van der Waals surface area contributed by atoms with Crippen molar-refractivity contribution in [2.75, 3.05) is 0 Å². The zero-order valence-electron chi connectivity index (χ0n) is 7.45. The maximum absolute atomic E-state index is 12.4. The maximum Gasteiger partial charge on any atom is 0.417 e. The Labute approximate surface area is 97.4 Å². The van der Waals surface area contributed by atoms with E-state index in [-0.39, 0.29) is 10.0 Å². The van der Waals surface area contributed by atoms with E-state index in [0.717, 1.165) is 6.07 Å². The molecule has 0 saturated carbocycles. The first-order valence-corrected chi connectivity index (χ1v) is 4.97. The normalized spacial score (nSPS) is 11.6. The van der Waals surface area contributed by atoms with Crippen LogP contribution in [0.1, 0.15) is 21.5 Å². The first-order chi connectivity index (χ1) is 6.73. The van der Waals surface area contributed by atoms with Crippen LogP contribution in [0.5, 0.6) is 0 Å². The van der Waals surface area contributed by atoms with Crippen LogP contribution in [0.15, 0.2) is 16.6 Å². The van der Waals surface area contributed by atoms with E-state index in [9.17, 15) is 18.0 Å². The van der Waals surface area contributed by atoms with Gasteiger partial charge in [0.05, 0.1) is 5.56 Å². The molecule has 82 valence electrons. The summed E-state index contributed by atoms with van der Waals surface area (Å²) in [4.78, 5) is 10.8. The second-order valence-electron chi connectivity index (χ2n) is 2.92. The molecule has 0 bridgehead atoms. The molecule has 0 atom stereocenters. The molecular weight excluding hydrogens is 296 g/mol. The van der Waals surface area contributed by atoms with E-state index in [1.54, 1.807) is 0 Å². The van der Waals surface area contributed by atoms with E-state index in [2.05, 4.69) is 15.9 Å². The van der Waals surface area contributed by atoms with Crippen molar-refractivity contribution in [1.82, 2.24) is 0 Å². The Kier molecular flexibility index (Phi) is 3.45. The van der Waals surface area contributed by atoms with Crippen molar-refractivity contribution in [3.8, 4) is 0 Å². The molecule has 1 aromatic rings. The van der Waals surface area contributed by atoms with Crippen LogP contribution < -0.4 is 0 Å². The van der Waals surface area contributed by atoms with E-state index in [1.165, 1.54) is 13.0 Å². The molecule has 0 heterocycles. The van der Waals surface area contributed by atoms with Crippen molar-refractivity contribution < 1.29 is 18.0 Å². The van der Waals surface area contributed by atoms with Gasteiger partial charge in [-0.2, -0.15) is 13.2 Å². The first-order valence-electron chi connectivity index (χ1n) is 3.80. The number of aryl methyl sites for hydroxylation is 1. The van der Waals surface area contributed by atoms with E-state index in [1.807, 2.05) is 0 Å². The average molecular weight is 301 g/mol. The average Bonchev–Trinajstić information content (AvgIpc) is 2.00. The van der Waals surface area contributed by atoms with Gasteiger partial charge in [0, 0.05) is 10.0 Å². The van der Waals surface area contributed by atoms with Crippen molar-refractivity contribution in [1.29, 1.82) is 0 Å². The van der Waals surface area contributed by atoms with Gasteiger partial charge in [0.25, 0.3) is 5.24 Å². The van der Waals surface area contributed by atoms with Crippen molar-refractivity contribution in [3.63, 3.8) is 0 Å². The predicted molar refractivity (Wildman–Crippen MR) is 54.1 cm³/mol. The Morgan fingerprint density at radius 3 is 2.33 bits per heavy atom. The molecule has 0 fully saturated rings. The van der Waals surface area contributed by atoms with E-state index in [4.69, 9.17) is 11.6 Å². The summed E-state index contributed by atoms with van der Waals surface area (Å²) < 4.78 is 37.2. The second-order valence-corrected chi connectivity index (χ2v) is 4.12.